The number of aliphatic imine (C=N–C) groups is 1. The standard InChI is InChI=1S/C31H46F3N5O5/c1-20(21(2)36-17-25-5-4-6-27(43-25)22-7-9-24(10-8-22)44-31(32,33)34)29(37-19-35)30(40)39-14-11-23(12-15-39)38-26-13-16-42-18-28(26)41-3/h7,9-10,19,22-23,25-28,36,38H,2,4-6,8,11-18H2,1,3H3,(H2,35,37)/b29-20-/t22?,25-,26-,27+,28+/m1/s1. The average molecular weight is 626 g/mol. The zero-order valence-electron chi connectivity index (χ0n) is 25.6. The van der Waals surface area contributed by atoms with Crippen molar-refractivity contribution < 1.29 is 36.9 Å². The Morgan fingerprint density at radius 2 is 2.02 bits per heavy atom. The highest BCUT2D eigenvalue weighted by molar-refractivity contribution is 5.95. The minimum Gasteiger partial charge on any atom is -0.406 e. The van der Waals surface area contributed by atoms with Crippen LogP contribution in [0.5, 0.6) is 0 Å². The molecular weight excluding hydrogens is 579 g/mol. The van der Waals surface area contributed by atoms with Crippen molar-refractivity contribution in [1.29, 1.82) is 0 Å². The topological polar surface area (TPSA) is 120 Å². The van der Waals surface area contributed by atoms with Gasteiger partial charge in [-0.2, -0.15) is 0 Å². The van der Waals surface area contributed by atoms with E-state index in [0.29, 0.717) is 50.5 Å². The number of nitrogens with two attached hydrogens (primary N) is 1. The largest absolute Gasteiger partial charge is 0.573 e. The lowest BCUT2D eigenvalue weighted by molar-refractivity contribution is -0.303. The summed E-state index contributed by atoms with van der Waals surface area (Å²) >= 11 is 0. The molecule has 3 heterocycles. The lowest BCUT2D eigenvalue weighted by Crippen LogP contribution is -2.54. The first-order chi connectivity index (χ1) is 21.1. The zero-order chi connectivity index (χ0) is 31.7. The molecule has 246 valence electrons. The quantitative estimate of drug-likeness (QED) is 0.138. The molecule has 0 aromatic carbocycles. The van der Waals surface area contributed by atoms with Crippen LogP contribution in [0, 0.1) is 5.92 Å². The predicted octanol–water partition coefficient (Wildman–Crippen LogP) is 3.67. The van der Waals surface area contributed by atoms with Gasteiger partial charge >= 0.3 is 6.36 Å². The van der Waals surface area contributed by atoms with E-state index in [1.54, 1.807) is 25.0 Å². The number of likely N-dealkylation sites (tertiary alicyclic amines) is 1. The minimum atomic E-state index is -4.70. The van der Waals surface area contributed by atoms with Crippen molar-refractivity contribution in [3.8, 4) is 0 Å². The lowest BCUT2D eigenvalue weighted by atomic mass is 9.88. The first kappa shape index (κ1) is 34.0. The maximum absolute atomic E-state index is 13.5. The third kappa shape index (κ3) is 9.56. The van der Waals surface area contributed by atoms with Crippen LogP contribution in [0.25, 0.3) is 0 Å². The lowest BCUT2D eigenvalue weighted by Gasteiger charge is -2.38. The molecule has 0 aromatic heterocycles. The van der Waals surface area contributed by atoms with Gasteiger partial charge in [-0.1, -0.05) is 12.7 Å². The van der Waals surface area contributed by atoms with E-state index in [1.807, 2.05) is 0 Å². The van der Waals surface area contributed by atoms with Crippen molar-refractivity contribution in [3.05, 3.63) is 47.5 Å². The molecule has 4 aliphatic rings. The van der Waals surface area contributed by atoms with Crippen molar-refractivity contribution in [2.75, 3.05) is 40.0 Å². The number of nitrogens with one attached hydrogen (secondary N) is 2. The van der Waals surface area contributed by atoms with Crippen LogP contribution in [-0.2, 0) is 23.7 Å². The van der Waals surface area contributed by atoms with Crippen molar-refractivity contribution >= 4 is 12.2 Å². The van der Waals surface area contributed by atoms with E-state index >= 15 is 0 Å². The third-order valence-corrected chi connectivity index (χ3v) is 8.79. The van der Waals surface area contributed by atoms with Crippen molar-refractivity contribution in [2.24, 2.45) is 16.6 Å². The number of alkyl halides is 3. The van der Waals surface area contributed by atoms with E-state index in [4.69, 9.17) is 19.9 Å². The molecule has 3 saturated heterocycles. The first-order valence-corrected chi connectivity index (χ1v) is 15.4. The van der Waals surface area contributed by atoms with E-state index in [1.165, 1.54) is 12.2 Å². The molecule has 4 rings (SSSR count). The molecule has 0 saturated carbocycles. The monoisotopic (exact) mass is 625 g/mol. The van der Waals surface area contributed by atoms with Crippen LogP contribution >= 0.6 is 0 Å². The molecule has 10 nitrogen and oxygen atoms in total. The van der Waals surface area contributed by atoms with Gasteiger partial charge in [-0.15, -0.1) is 13.2 Å². The van der Waals surface area contributed by atoms with E-state index in [9.17, 15) is 18.0 Å². The van der Waals surface area contributed by atoms with Gasteiger partial charge in [0.15, 0.2) is 0 Å². The second-order valence-electron chi connectivity index (χ2n) is 11.7. The number of ether oxygens (including phenoxy) is 4. The highest BCUT2D eigenvalue weighted by atomic mass is 19.4. The van der Waals surface area contributed by atoms with Crippen molar-refractivity contribution in [3.63, 3.8) is 0 Å². The number of piperidine rings is 1. The summed E-state index contributed by atoms with van der Waals surface area (Å²) in [7, 11) is 1.70. The highest BCUT2D eigenvalue weighted by Gasteiger charge is 2.34. The molecule has 0 bridgehead atoms. The number of nitrogens with zero attached hydrogens (tertiary/aromatic N) is 2. The van der Waals surface area contributed by atoms with Gasteiger partial charge in [0.05, 0.1) is 31.3 Å². The molecule has 4 N–H and O–H groups in total. The maximum atomic E-state index is 13.5. The Labute approximate surface area is 257 Å². The molecule has 3 fully saturated rings. The van der Waals surface area contributed by atoms with E-state index in [2.05, 4.69) is 26.9 Å². The predicted molar refractivity (Wildman–Crippen MR) is 160 cm³/mol. The van der Waals surface area contributed by atoms with Gasteiger partial charge in [0.2, 0.25) is 0 Å². The summed E-state index contributed by atoms with van der Waals surface area (Å²) in [4.78, 5) is 19.5. The number of amides is 1. The SMILES string of the molecule is C=C(NC[C@H]1CCC[C@@H](C2C=CC(OC(F)(F)F)=CC2)O1)/C(C)=C(\N=CN)C(=O)N1CCC(N[C@@H]2CCOC[C@@H]2OC)CC1. The van der Waals surface area contributed by atoms with Crippen LogP contribution in [0.15, 0.2) is 52.5 Å². The van der Waals surface area contributed by atoms with Gasteiger partial charge in [0.1, 0.15) is 11.5 Å². The average Bonchev–Trinajstić information content (AvgIpc) is 3.02. The number of allylic oxidation sites excluding steroid dienone is 3. The molecule has 13 heteroatoms. The normalized spacial score (nSPS) is 29.2. The Morgan fingerprint density at radius 3 is 2.68 bits per heavy atom. The van der Waals surface area contributed by atoms with E-state index in [-0.39, 0.29) is 53.7 Å². The Kier molecular flexibility index (Phi) is 12.3. The fourth-order valence-corrected chi connectivity index (χ4v) is 6.23. The number of hydrogen-bond acceptors (Lipinski definition) is 8. The van der Waals surface area contributed by atoms with Crippen molar-refractivity contribution in [1.82, 2.24) is 15.5 Å². The Hall–Kier alpha value is -2.87. The van der Waals surface area contributed by atoms with Crippen LogP contribution in [0.3, 0.4) is 0 Å². The number of methoxy groups -OCH3 is 1. The van der Waals surface area contributed by atoms with Crippen LogP contribution in [0.1, 0.15) is 51.9 Å². The number of rotatable bonds is 11. The number of carbonyl (C=O) groups excluding carboxylic acids is 1. The Balaban J connectivity index is 1.26. The van der Waals surface area contributed by atoms with Gasteiger partial charge in [0.25, 0.3) is 5.91 Å². The minimum absolute atomic E-state index is 0.0243. The molecule has 5 atom stereocenters. The summed E-state index contributed by atoms with van der Waals surface area (Å²) in [5.74, 6) is -0.404. The van der Waals surface area contributed by atoms with Crippen LogP contribution in [-0.4, -0.2) is 93.9 Å². The number of halogens is 3. The molecule has 0 aromatic rings. The molecule has 44 heavy (non-hydrogen) atoms. The summed E-state index contributed by atoms with van der Waals surface area (Å²) in [5, 5.41) is 7.00. The number of hydrogen-bond donors (Lipinski definition) is 3. The van der Waals surface area contributed by atoms with Crippen LogP contribution in [0.4, 0.5) is 13.2 Å². The molecule has 1 aliphatic carbocycles. The highest BCUT2D eigenvalue weighted by Crippen LogP contribution is 2.32. The van der Waals surface area contributed by atoms with Crippen LogP contribution < -0.4 is 16.4 Å². The van der Waals surface area contributed by atoms with Crippen LogP contribution in [0.2, 0.25) is 0 Å². The summed E-state index contributed by atoms with van der Waals surface area (Å²) in [6, 6.07) is 0.526. The maximum Gasteiger partial charge on any atom is 0.573 e. The third-order valence-electron chi connectivity index (χ3n) is 8.79. The van der Waals surface area contributed by atoms with Gasteiger partial charge in [-0.05, 0) is 64.0 Å². The second-order valence-corrected chi connectivity index (χ2v) is 11.7. The fraction of sp³-hybridized carbons (Fsp3) is 0.677. The summed E-state index contributed by atoms with van der Waals surface area (Å²) in [5.41, 5.74) is 7.04. The Morgan fingerprint density at radius 1 is 1.25 bits per heavy atom. The van der Waals surface area contributed by atoms with Gasteiger partial charge in [-0.25, -0.2) is 4.99 Å². The van der Waals surface area contributed by atoms with E-state index < -0.39 is 6.36 Å². The first-order valence-electron chi connectivity index (χ1n) is 15.4. The number of carbonyl (C=O) groups is 1. The molecule has 1 amide bonds. The summed E-state index contributed by atoms with van der Waals surface area (Å²) in [6.45, 7) is 8.90. The zero-order valence-corrected chi connectivity index (χ0v) is 25.6. The van der Waals surface area contributed by atoms with Gasteiger partial charge in [0, 0.05) is 62.6 Å². The van der Waals surface area contributed by atoms with Gasteiger partial charge < -0.3 is 40.2 Å². The summed E-state index contributed by atoms with van der Waals surface area (Å²) < 4.78 is 58.9. The molecular formula is C31H46F3N5O5. The molecule has 0 radical (unpaired) electrons. The Bertz CT molecular complexity index is 1120. The summed E-state index contributed by atoms with van der Waals surface area (Å²) in [6.07, 6.45) is 6.33. The smallest absolute Gasteiger partial charge is 0.406 e. The molecule has 3 aliphatic heterocycles. The fourth-order valence-electron chi connectivity index (χ4n) is 6.23. The van der Waals surface area contributed by atoms with E-state index in [0.717, 1.165) is 44.9 Å². The molecule has 1 unspecified atom stereocenters. The second kappa shape index (κ2) is 15.9. The van der Waals surface area contributed by atoms with Crippen molar-refractivity contribution in [2.45, 2.75) is 88.6 Å². The van der Waals surface area contributed by atoms with Gasteiger partial charge in [-0.3, -0.25) is 4.79 Å². The molecule has 0 spiro atoms.